The highest BCUT2D eigenvalue weighted by molar-refractivity contribution is 6.00. The molecule has 2 aromatic rings. The summed E-state index contributed by atoms with van der Waals surface area (Å²) in [5.74, 6) is 0.0504. The lowest BCUT2D eigenvalue weighted by atomic mass is 10.1. The molecule has 1 aliphatic heterocycles. The van der Waals surface area contributed by atoms with Gasteiger partial charge in [-0.3, -0.25) is 19.4 Å². The van der Waals surface area contributed by atoms with Gasteiger partial charge in [0.25, 0.3) is 11.8 Å². The van der Waals surface area contributed by atoms with Crippen LogP contribution in [-0.2, 0) is 29.1 Å². The second-order valence-electron chi connectivity index (χ2n) is 7.60. The fourth-order valence-corrected chi connectivity index (χ4v) is 3.31. The summed E-state index contributed by atoms with van der Waals surface area (Å²) in [5.41, 5.74) is 3.74. The van der Waals surface area contributed by atoms with Crippen LogP contribution in [0.5, 0.6) is 5.75 Å². The molecule has 0 bridgehead atoms. The van der Waals surface area contributed by atoms with E-state index in [0.717, 1.165) is 28.9 Å². The first kappa shape index (κ1) is 23.7. The number of fused-ring (bicyclic) bond motifs is 1. The molecule has 33 heavy (non-hydrogen) atoms. The van der Waals surface area contributed by atoms with Crippen molar-refractivity contribution in [1.82, 2.24) is 10.6 Å². The summed E-state index contributed by atoms with van der Waals surface area (Å²) in [5, 5.41) is 5.58. The van der Waals surface area contributed by atoms with Crippen molar-refractivity contribution in [3.05, 3.63) is 88.6 Å². The second kappa shape index (κ2) is 11.0. The lowest BCUT2D eigenvalue weighted by Crippen LogP contribution is -2.26. The van der Waals surface area contributed by atoms with E-state index in [1.807, 2.05) is 18.2 Å². The van der Waals surface area contributed by atoms with Crippen molar-refractivity contribution in [2.75, 3.05) is 6.61 Å². The van der Waals surface area contributed by atoms with Crippen LogP contribution in [-0.4, -0.2) is 30.4 Å². The third-order valence-corrected chi connectivity index (χ3v) is 5.12. The molecule has 7 nitrogen and oxygen atoms in total. The van der Waals surface area contributed by atoms with Crippen LogP contribution in [0.4, 0.5) is 0 Å². The van der Waals surface area contributed by atoms with Crippen LogP contribution in [0.1, 0.15) is 40.9 Å². The Hall–Kier alpha value is -4.00. The molecule has 0 radical (unpaired) electrons. The number of hydrogen-bond acceptors (Lipinski definition) is 5. The lowest BCUT2D eigenvalue weighted by molar-refractivity contribution is -0.117. The number of ether oxygens (including phenoxy) is 1. The van der Waals surface area contributed by atoms with Gasteiger partial charge >= 0.3 is 0 Å². The fourth-order valence-electron chi connectivity index (χ4n) is 3.31. The highest BCUT2D eigenvalue weighted by Gasteiger charge is 2.14. The van der Waals surface area contributed by atoms with Crippen molar-refractivity contribution in [3.63, 3.8) is 0 Å². The van der Waals surface area contributed by atoms with Crippen LogP contribution >= 0.6 is 0 Å². The quantitative estimate of drug-likeness (QED) is 0.268. The molecule has 1 aliphatic rings. The van der Waals surface area contributed by atoms with E-state index in [1.54, 1.807) is 31.2 Å². The summed E-state index contributed by atoms with van der Waals surface area (Å²) in [6.45, 7) is 8.23. The average molecular weight is 446 g/mol. The second-order valence-corrected chi connectivity index (χ2v) is 7.60. The number of nitrogens with one attached hydrogen (secondary N) is 2. The van der Waals surface area contributed by atoms with Crippen LogP contribution in [0.2, 0.25) is 0 Å². The Morgan fingerprint density at radius 2 is 1.70 bits per heavy atom. The Morgan fingerprint density at radius 3 is 2.39 bits per heavy atom. The first-order valence-electron chi connectivity index (χ1n) is 10.7. The molecule has 1 heterocycles. The minimum Gasteiger partial charge on any atom is -0.493 e. The molecule has 0 aliphatic carbocycles. The standard InChI is InChI=1S/C26H27N3O4/c1-4-27-23(26(32)29-16-20-7-10-24-22(14-20)11-12-33-24)13-17(2)25(31)28-15-19-5-8-21(9-6-19)18(3)30/h4-10,13-14H,2,11-12,15-16H2,1,3H3,(H,28,31)(H,29,32)/b23-13-,27-4?. The third kappa shape index (κ3) is 6.49. The molecule has 0 atom stereocenters. The van der Waals surface area contributed by atoms with E-state index in [4.69, 9.17) is 4.74 Å². The van der Waals surface area contributed by atoms with E-state index >= 15 is 0 Å². The number of nitrogens with zero attached hydrogens (tertiary/aromatic N) is 1. The van der Waals surface area contributed by atoms with Gasteiger partial charge in [-0.2, -0.15) is 0 Å². The maximum Gasteiger partial charge on any atom is 0.270 e. The van der Waals surface area contributed by atoms with Gasteiger partial charge in [-0.25, -0.2) is 0 Å². The molecular weight excluding hydrogens is 418 g/mol. The molecule has 0 unspecified atom stereocenters. The summed E-state index contributed by atoms with van der Waals surface area (Å²) in [6, 6.07) is 12.8. The molecule has 0 aromatic heterocycles. The zero-order valence-electron chi connectivity index (χ0n) is 18.8. The Morgan fingerprint density at radius 1 is 1.03 bits per heavy atom. The Bertz CT molecular complexity index is 1130. The monoisotopic (exact) mass is 445 g/mol. The van der Waals surface area contributed by atoms with Gasteiger partial charge in [-0.1, -0.05) is 43.0 Å². The summed E-state index contributed by atoms with van der Waals surface area (Å²) in [7, 11) is 0. The van der Waals surface area contributed by atoms with E-state index < -0.39 is 11.8 Å². The number of amides is 2. The highest BCUT2D eigenvalue weighted by Crippen LogP contribution is 2.25. The molecule has 0 saturated heterocycles. The maximum absolute atomic E-state index is 12.6. The van der Waals surface area contributed by atoms with E-state index in [-0.39, 0.29) is 23.6 Å². The number of hydrogen-bond donors (Lipinski definition) is 2. The number of carbonyl (C=O) groups excluding carboxylic acids is 3. The molecule has 0 fully saturated rings. The first-order valence-corrected chi connectivity index (χ1v) is 10.7. The molecule has 2 amide bonds. The van der Waals surface area contributed by atoms with Crippen LogP contribution in [0, 0.1) is 0 Å². The number of carbonyl (C=O) groups is 3. The smallest absolute Gasteiger partial charge is 0.270 e. The minimum absolute atomic E-state index is 0.0171. The predicted molar refractivity (Wildman–Crippen MR) is 127 cm³/mol. The van der Waals surface area contributed by atoms with Crippen molar-refractivity contribution in [2.45, 2.75) is 33.4 Å². The summed E-state index contributed by atoms with van der Waals surface area (Å²) >= 11 is 0. The largest absolute Gasteiger partial charge is 0.493 e. The normalized spacial score (nSPS) is 12.7. The van der Waals surface area contributed by atoms with E-state index in [9.17, 15) is 14.4 Å². The van der Waals surface area contributed by atoms with Crippen molar-refractivity contribution in [3.8, 4) is 5.75 Å². The zero-order valence-corrected chi connectivity index (χ0v) is 18.8. The van der Waals surface area contributed by atoms with E-state index in [2.05, 4.69) is 22.2 Å². The highest BCUT2D eigenvalue weighted by atomic mass is 16.5. The van der Waals surface area contributed by atoms with Gasteiger partial charge < -0.3 is 15.4 Å². The Balaban J connectivity index is 1.57. The van der Waals surface area contributed by atoms with Crippen molar-refractivity contribution in [2.24, 2.45) is 4.99 Å². The minimum atomic E-state index is -0.416. The fraction of sp³-hybridized carbons (Fsp3) is 0.231. The third-order valence-electron chi connectivity index (χ3n) is 5.12. The predicted octanol–water partition coefficient (Wildman–Crippen LogP) is 3.29. The van der Waals surface area contributed by atoms with Crippen LogP contribution in [0.15, 0.2) is 71.4 Å². The van der Waals surface area contributed by atoms with E-state index in [1.165, 1.54) is 19.2 Å². The molecule has 3 rings (SSSR count). The Kier molecular flexibility index (Phi) is 7.91. The SMILES string of the molecule is C=C(/C=C(\N=CC)C(=O)NCc1ccc2c(c1)CCO2)C(=O)NCc1ccc(C(C)=O)cc1. The number of benzene rings is 2. The van der Waals surface area contributed by atoms with Crippen molar-refractivity contribution >= 4 is 23.8 Å². The van der Waals surface area contributed by atoms with Crippen LogP contribution < -0.4 is 15.4 Å². The molecule has 0 saturated carbocycles. The van der Waals surface area contributed by atoms with E-state index in [0.29, 0.717) is 18.7 Å². The molecular formula is C26H27N3O4. The zero-order chi connectivity index (χ0) is 23.8. The first-order chi connectivity index (χ1) is 15.9. The van der Waals surface area contributed by atoms with Crippen LogP contribution in [0.25, 0.3) is 0 Å². The summed E-state index contributed by atoms with van der Waals surface area (Å²) in [6.07, 6.45) is 3.71. The average Bonchev–Trinajstić information content (AvgIpc) is 3.28. The van der Waals surface area contributed by atoms with Crippen molar-refractivity contribution in [1.29, 1.82) is 0 Å². The van der Waals surface area contributed by atoms with Gasteiger partial charge in [0.2, 0.25) is 0 Å². The summed E-state index contributed by atoms with van der Waals surface area (Å²) in [4.78, 5) is 40.5. The summed E-state index contributed by atoms with van der Waals surface area (Å²) < 4.78 is 5.50. The molecule has 0 spiro atoms. The maximum atomic E-state index is 12.6. The lowest BCUT2D eigenvalue weighted by Gasteiger charge is -2.09. The molecule has 2 N–H and O–H groups in total. The van der Waals surface area contributed by atoms with Crippen molar-refractivity contribution < 1.29 is 19.1 Å². The number of ketones is 1. The number of Topliss-reactive ketones (excluding diaryl/α,β-unsaturated/α-hetero) is 1. The topological polar surface area (TPSA) is 96.9 Å². The van der Waals surface area contributed by atoms with Gasteiger partial charge in [-0.15, -0.1) is 0 Å². The van der Waals surface area contributed by atoms with Gasteiger partial charge in [0, 0.05) is 36.9 Å². The number of rotatable bonds is 9. The Labute approximate surface area is 193 Å². The van der Waals surface area contributed by atoms with Gasteiger partial charge in [0.15, 0.2) is 5.78 Å². The molecule has 2 aromatic carbocycles. The molecule has 7 heteroatoms. The van der Waals surface area contributed by atoms with Gasteiger partial charge in [0.1, 0.15) is 11.4 Å². The van der Waals surface area contributed by atoms with Crippen LogP contribution in [0.3, 0.4) is 0 Å². The van der Waals surface area contributed by atoms with Gasteiger partial charge in [0.05, 0.1) is 6.61 Å². The molecule has 170 valence electrons. The number of aliphatic imine (C=N–C) groups is 1. The van der Waals surface area contributed by atoms with Gasteiger partial charge in [-0.05, 0) is 42.7 Å².